The average Bonchev–Trinajstić information content (AvgIpc) is 2.87. The second-order valence-electron chi connectivity index (χ2n) is 3.96. The summed E-state index contributed by atoms with van der Waals surface area (Å²) in [5.74, 6) is 0. The van der Waals surface area contributed by atoms with Gasteiger partial charge in [-0.15, -0.1) is 35.1 Å². The monoisotopic (exact) mass is 344 g/mol. The maximum atomic E-state index is 12.4. The minimum absolute atomic E-state index is 0. The third kappa shape index (κ3) is 4.58. The first kappa shape index (κ1) is 17.2. The van der Waals surface area contributed by atoms with Gasteiger partial charge in [-0.2, -0.15) is 13.2 Å². The number of nitrogen functional groups attached to an aromatic ring is 1. The van der Waals surface area contributed by atoms with E-state index in [0.29, 0.717) is 23.2 Å². The standard InChI is InChI=1S/C10H11F3N4S2.ClH/c1-17(3-6-2-15-9(14)19-6)4-8-16-7(5-18-8)10(11,12)13;/h2,5H,3-4H2,1H3,(H2,14,15);1H. The summed E-state index contributed by atoms with van der Waals surface area (Å²) in [5, 5.41) is 1.96. The highest BCUT2D eigenvalue weighted by Crippen LogP contribution is 2.30. The van der Waals surface area contributed by atoms with Gasteiger partial charge in [0.05, 0.1) is 6.54 Å². The molecule has 0 saturated carbocycles. The van der Waals surface area contributed by atoms with Crippen molar-refractivity contribution in [3.63, 3.8) is 0 Å². The van der Waals surface area contributed by atoms with Crippen molar-refractivity contribution in [3.8, 4) is 0 Å². The first-order chi connectivity index (χ1) is 8.84. The van der Waals surface area contributed by atoms with Gasteiger partial charge in [-0.3, -0.25) is 4.90 Å². The minimum Gasteiger partial charge on any atom is -0.375 e. The van der Waals surface area contributed by atoms with E-state index < -0.39 is 11.9 Å². The molecule has 20 heavy (non-hydrogen) atoms. The molecule has 0 aliphatic heterocycles. The van der Waals surface area contributed by atoms with Gasteiger partial charge in [-0.05, 0) is 7.05 Å². The second-order valence-corrected chi connectivity index (χ2v) is 6.05. The summed E-state index contributed by atoms with van der Waals surface area (Å²) >= 11 is 2.37. The molecule has 0 spiro atoms. The van der Waals surface area contributed by atoms with E-state index >= 15 is 0 Å². The fourth-order valence-electron chi connectivity index (χ4n) is 1.46. The number of nitrogens with two attached hydrogens (primary N) is 1. The molecule has 0 saturated heterocycles. The van der Waals surface area contributed by atoms with Crippen molar-refractivity contribution in [1.82, 2.24) is 14.9 Å². The zero-order valence-electron chi connectivity index (χ0n) is 10.3. The molecule has 0 unspecified atom stereocenters. The lowest BCUT2D eigenvalue weighted by atomic mass is 10.4. The Morgan fingerprint density at radius 3 is 2.55 bits per heavy atom. The summed E-state index contributed by atoms with van der Waals surface area (Å²) in [6, 6.07) is 0. The molecular formula is C10H12ClF3N4S2. The maximum absolute atomic E-state index is 12.4. The van der Waals surface area contributed by atoms with E-state index in [-0.39, 0.29) is 12.4 Å². The highest BCUT2D eigenvalue weighted by atomic mass is 35.5. The van der Waals surface area contributed by atoms with Crippen LogP contribution in [0.2, 0.25) is 0 Å². The zero-order valence-corrected chi connectivity index (χ0v) is 12.8. The highest BCUT2D eigenvalue weighted by Gasteiger charge is 2.33. The number of nitrogens with zero attached hydrogens (tertiary/aromatic N) is 3. The molecule has 0 aromatic carbocycles. The SMILES string of the molecule is CN(Cc1cnc(N)s1)Cc1nc(C(F)(F)F)cs1.Cl. The van der Waals surface area contributed by atoms with E-state index in [1.165, 1.54) is 11.3 Å². The maximum Gasteiger partial charge on any atom is 0.434 e. The fourth-order valence-corrected chi connectivity index (χ4v) is 3.11. The van der Waals surface area contributed by atoms with Gasteiger partial charge in [-0.1, -0.05) is 0 Å². The van der Waals surface area contributed by atoms with Crippen molar-refractivity contribution in [1.29, 1.82) is 0 Å². The van der Waals surface area contributed by atoms with Crippen molar-refractivity contribution >= 4 is 40.2 Å². The molecule has 2 rings (SSSR count). The molecule has 0 aliphatic carbocycles. The van der Waals surface area contributed by atoms with E-state index in [4.69, 9.17) is 5.73 Å². The van der Waals surface area contributed by atoms with Gasteiger partial charge in [-0.25, -0.2) is 9.97 Å². The van der Waals surface area contributed by atoms with E-state index in [1.807, 2.05) is 11.9 Å². The van der Waals surface area contributed by atoms with Crippen LogP contribution in [0.5, 0.6) is 0 Å². The number of hydrogen-bond donors (Lipinski definition) is 1. The van der Waals surface area contributed by atoms with Gasteiger partial charge in [0.25, 0.3) is 0 Å². The van der Waals surface area contributed by atoms with Crippen LogP contribution < -0.4 is 5.73 Å². The summed E-state index contributed by atoms with van der Waals surface area (Å²) in [6.45, 7) is 0.939. The molecular weight excluding hydrogens is 333 g/mol. The van der Waals surface area contributed by atoms with Crippen molar-refractivity contribution in [2.24, 2.45) is 0 Å². The van der Waals surface area contributed by atoms with Crippen LogP contribution in [-0.4, -0.2) is 21.9 Å². The first-order valence-electron chi connectivity index (χ1n) is 5.25. The normalized spacial score (nSPS) is 11.7. The van der Waals surface area contributed by atoms with Gasteiger partial charge >= 0.3 is 6.18 Å². The summed E-state index contributed by atoms with van der Waals surface area (Å²) in [6.07, 6.45) is -2.71. The van der Waals surface area contributed by atoms with Crippen LogP contribution in [0.15, 0.2) is 11.6 Å². The molecule has 2 heterocycles. The van der Waals surface area contributed by atoms with E-state index in [0.717, 1.165) is 21.6 Å². The largest absolute Gasteiger partial charge is 0.434 e. The van der Waals surface area contributed by atoms with Crippen molar-refractivity contribution in [3.05, 3.63) is 27.2 Å². The molecule has 2 N–H and O–H groups in total. The molecule has 4 nitrogen and oxygen atoms in total. The van der Waals surface area contributed by atoms with Crippen LogP contribution in [-0.2, 0) is 19.3 Å². The number of alkyl halides is 3. The Balaban J connectivity index is 0.00000200. The summed E-state index contributed by atoms with van der Waals surface area (Å²) in [5.41, 5.74) is 4.68. The Labute approximate surface area is 127 Å². The Kier molecular flexibility index (Phi) is 5.75. The number of hydrogen-bond acceptors (Lipinski definition) is 6. The van der Waals surface area contributed by atoms with Gasteiger partial charge in [0.15, 0.2) is 10.8 Å². The third-order valence-electron chi connectivity index (χ3n) is 2.24. The fraction of sp³-hybridized carbons (Fsp3) is 0.400. The van der Waals surface area contributed by atoms with Crippen LogP contribution in [0.25, 0.3) is 0 Å². The predicted molar refractivity (Wildman–Crippen MR) is 76.1 cm³/mol. The number of thiazole rings is 2. The first-order valence-corrected chi connectivity index (χ1v) is 6.94. The van der Waals surface area contributed by atoms with Crippen LogP contribution in [0.3, 0.4) is 0 Å². The lowest BCUT2D eigenvalue weighted by molar-refractivity contribution is -0.140. The van der Waals surface area contributed by atoms with Crippen LogP contribution in [0.4, 0.5) is 18.3 Å². The van der Waals surface area contributed by atoms with Crippen LogP contribution in [0.1, 0.15) is 15.6 Å². The number of anilines is 1. The molecule has 0 fully saturated rings. The molecule has 0 bridgehead atoms. The third-order valence-corrected chi connectivity index (χ3v) is 3.89. The summed E-state index contributed by atoms with van der Waals surface area (Å²) in [7, 11) is 1.81. The second kappa shape index (κ2) is 6.70. The predicted octanol–water partition coefficient (Wildman–Crippen LogP) is 3.25. The molecule has 0 amide bonds. The van der Waals surface area contributed by atoms with Crippen molar-refractivity contribution < 1.29 is 13.2 Å². The molecule has 0 atom stereocenters. The van der Waals surface area contributed by atoms with Gasteiger partial charge in [0, 0.05) is 23.0 Å². The molecule has 0 aliphatic rings. The summed E-state index contributed by atoms with van der Waals surface area (Å²) < 4.78 is 37.2. The highest BCUT2D eigenvalue weighted by molar-refractivity contribution is 7.15. The Hall–Kier alpha value is -0.900. The molecule has 2 aromatic rings. The van der Waals surface area contributed by atoms with Gasteiger partial charge in [0.1, 0.15) is 5.01 Å². The van der Waals surface area contributed by atoms with Crippen LogP contribution in [0, 0.1) is 0 Å². The summed E-state index contributed by atoms with van der Waals surface area (Å²) in [4.78, 5) is 10.3. The minimum atomic E-state index is -4.38. The quantitative estimate of drug-likeness (QED) is 0.925. The van der Waals surface area contributed by atoms with E-state index in [2.05, 4.69) is 9.97 Å². The van der Waals surface area contributed by atoms with E-state index in [1.54, 1.807) is 6.20 Å². The number of aromatic nitrogens is 2. The molecule has 10 heteroatoms. The molecule has 112 valence electrons. The topological polar surface area (TPSA) is 55.0 Å². The Morgan fingerprint density at radius 1 is 1.35 bits per heavy atom. The lowest BCUT2D eigenvalue weighted by Gasteiger charge is -2.13. The van der Waals surface area contributed by atoms with E-state index in [9.17, 15) is 13.2 Å². The van der Waals surface area contributed by atoms with Gasteiger partial charge in [0.2, 0.25) is 0 Å². The molecule has 0 radical (unpaired) electrons. The lowest BCUT2D eigenvalue weighted by Crippen LogP contribution is -2.16. The number of halogens is 4. The Morgan fingerprint density at radius 2 is 2.05 bits per heavy atom. The van der Waals surface area contributed by atoms with Crippen molar-refractivity contribution in [2.75, 3.05) is 12.8 Å². The molecule has 2 aromatic heterocycles. The van der Waals surface area contributed by atoms with Gasteiger partial charge < -0.3 is 5.73 Å². The van der Waals surface area contributed by atoms with Crippen LogP contribution >= 0.6 is 35.1 Å². The average molecular weight is 345 g/mol. The van der Waals surface area contributed by atoms with Crippen molar-refractivity contribution in [2.45, 2.75) is 19.3 Å². The zero-order chi connectivity index (χ0) is 14.0. The smallest absolute Gasteiger partial charge is 0.375 e. The Bertz CT molecular complexity index is 555. The number of rotatable bonds is 4.